The highest BCUT2D eigenvalue weighted by Crippen LogP contribution is 2.23. The predicted octanol–water partition coefficient (Wildman–Crippen LogP) is 1.93. The topological polar surface area (TPSA) is 40.5 Å². The summed E-state index contributed by atoms with van der Waals surface area (Å²) >= 11 is 0. The zero-order valence-electron chi connectivity index (χ0n) is 8.39. The van der Waals surface area contributed by atoms with Gasteiger partial charge < -0.3 is 10.2 Å². The van der Waals surface area contributed by atoms with Crippen LogP contribution >= 0.6 is 0 Å². The standard InChI is InChI=1S/C12H18O2/c13-9-4-7-12(8-10-14)11-5-2-1-3-6-11/h1-3,5-6,12-14H,4,7-10H2. The van der Waals surface area contributed by atoms with Crippen molar-refractivity contribution in [1.29, 1.82) is 0 Å². The zero-order chi connectivity index (χ0) is 10.2. The molecule has 78 valence electrons. The molecular formula is C12H18O2. The second kappa shape index (κ2) is 6.57. The summed E-state index contributed by atoms with van der Waals surface area (Å²) in [5.74, 6) is 0.383. The molecule has 0 aromatic heterocycles. The summed E-state index contributed by atoms with van der Waals surface area (Å²) in [5, 5.41) is 17.7. The third-order valence-corrected chi connectivity index (χ3v) is 2.46. The van der Waals surface area contributed by atoms with Gasteiger partial charge in [0.15, 0.2) is 0 Å². The SMILES string of the molecule is OCCCC(CCO)c1ccccc1. The van der Waals surface area contributed by atoms with E-state index in [4.69, 9.17) is 10.2 Å². The summed E-state index contributed by atoms with van der Waals surface area (Å²) in [4.78, 5) is 0. The molecule has 0 aliphatic heterocycles. The minimum Gasteiger partial charge on any atom is -0.396 e. The van der Waals surface area contributed by atoms with Crippen LogP contribution in [0.1, 0.15) is 30.7 Å². The van der Waals surface area contributed by atoms with Gasteiger partial charge in [-0.05, 0) is 30.7 Å². The van der Waals surface area contributed by atoms with Crippen molar-refractivity contribution < 1.29 is 10.2 Å². The first-order chi connectivity index (χ1) is 6.88. The maximum absolute atomic E-state index is 8.93. The summed E-state index contributed by atoms with van der Waals surface area (Å²) in [6.07, 6.45) is 2.53. The lowest BCUT2D eigenvalue weighted by atomic mass is 9.92. The summed E-state index contributed by atoms with van der Waals surface area (Å²) < 4.78 is 0. The normalized spacial score (nSPS) is 12.7. The molecule has 1 rings (SSSR count). The largest absolute Gasteiger partial charge is 0.396 e. The van der Waals surface area contributed by atoms with E-state index < -0.39 is 0 Å². The monoisotopic (exact) mass is 194 g/mol. The van der Waals surface area contributed by atoms with Crippen LogP contribution in [0.15, 0.2) is 30.3 Å². The molecule has 0 heterocycles. The number of rotatable bonds is 6. The molecule has 2 heteroatoms. The van der Waals surface area contributed by atoms with E-state index in [9.17, 15) is 0 Å². The Hall–Kier alpha value is -0.860. The number of hydrogen-bond donors (Lipinski definition) is 2. The Morgan fingerprint density at radius 3 is 2.21 bits per heavy atom. The van der Waals surface area contributed by atoms with Gasteiger partial charge in [0, 0.05) is 13.2 Å². The third-order valence-electron chi connectivity index (χ3n) is 2.46. The average molecular weight is 194 g/mol. The molecule has 0 bridgehead atoms. The fourth-order valence-corrected chi connectivity index (χ4v) is 1.70. The Morgan fingerprint density at radius 1 is 0.929 bits per heavy atom. The maximum Gasteiger partial charge on any atom is 0.0436 e. The van der Waals surface area contributed by atoms with Gasteiger partial charge in [0.1, 0.15) is 0 Å². The Bertz CT molecular complexity index is 233. The highest BCUT2D eigenvalue weighted by atomic mass is 16.3. The summed E-state index contributed by atoms with van der Waals surface area (Å²) in [6, 6.07) is 10.2. The maximum atomic E-state index is 8.93. The minimum atomic E-state index is 0.213. The Morgan fingerprint density at radius 2 is 1.64 bits per heavy atom. The molecule has 0 aliphatic carbocycles. The van der Waals surface area contributed by atoms with Crippen LogP contribution in [-0.4, -0.2) is 23.4 Å². The third kappa shape index (κ3) is 3.48. The van der Waals surface area contributed by atoms with Gasteiger partial charge in [-0.3, -0.25) is 0 Å². The van der Waals surface area contributed by atoms with E-state index in [0.29, 0.717) is 5.92 Å². The van der Waals surface area contributed by atoms with Crippen LogP contribution in [0.5, 0.6) is 0 Å². The highest BCUT2D eigenvalue weighted by molar-refractivity contribution is 5.19. The van der Waals surface area contributed by atoms with Crippen molar-refractivity contribution in [2.24, 2.45) is 0 Å². The molecule has 0 saturated heterocycles. The number of aliphatic hydroxyl groups is 2. The van der Waals surface area contributed by atoms with E-state index in [0.717, 1.165) is 19.3 Å². The van der Waals surface area contributed by atoms with Crippen molar-refractivity contribution >= 4 is 0 Å². The lowest BCUT2D eigenvalue weighted by Crippen LogP contribution is -2.02. The van der Waals surface area contributed by atoms with E-state index in [1.54, 1.807) is 0 Å². The molecular weight excluding hydrogens is 176 g/mol. The van der Waals surface area contributed by atoms with Gasteiger partial charge in [-0.15, -0.1) is 0 Å². The fraction of sp³-hybridized carbons (Fsp3) is 0.500. The molecule has 1 aromatic carbocycles. The summed E-state index contributed by atoms with van der Waals surface area (Å²) in [6.45, 7) is 0.444. The van der Waals surface area contributed by atoms with Crippen molar-refractivity contribution in [2.45, 2.75) is 25.2 Å². The van der Waals surface area contributed by atoms with Crippen LogP contribution in [0.2, 0.25) is 0 Å². The van der Waals surface area contributed by atoms with E-state index in [2.05, 4.69) is 12.1 Å². The summed E-state index contributed by atoms with van der Waals surface area (Å²) in [5.41, 5.74) is 1.26. The second-order valence-corrected chi connectivity index (χ2v) is 3.49. The molecule has 1 unspecified atom stereocenters. The molecule has 0 spiro atoms. The van der Waals surface area contributed by atoms with Gasteiger partial charge in [0.05, 0.1) is 0 Å². The van der Waals surface area contributed by atoms with Gasteiger partial charge in [-0.2, -0.15) is 0 Å². The average Bonchev–Trinajstić information content (AvgIpc) is 2.25. The van der Waals surface area contributed by atoms with Gasteiger partial charge in [0.25, 0.3) is 0 Å². The second-order valence-electron chi connectivity index (χ2n) is 3.49. The van der Waals surface area contributed by atoms with E-state index in [1.807, 2.05) is 18.2 Å². The molecule has 2 N–H and O–H groups in total. The highest BCUT2D eigenvalue weighted by Gasteiger charge is 2.09. The Balaban J connectivity index is 2.58. The first-order valence-electron chi connectivity index (χ1n) is 5.15. The Labute approximate surface area is 85.2 Å². The molecule has 0 amide bonds. The quantitative estimate of drug-likeness (QED) is 0.726. The van der Waals surface area contributed by atoms with Crippen molar-refractivity contribution in [1.82, 2.24) is 0 Å². The molecule has 0 aliphatic rings. The van der Waals surface area contributed by atoms with Gasteiger partial charge in [-0.1, -0.05) is 30.3 Å². The number of hydrogen-bond acceptors (Lipinski definition) is 2. The minimum absolute atomic E-state index is 0.213. The molecule has 14 heavy (non-hydrogen) atoms. The molecule has 2 nitrogen and oxygen atoms in total. The zero-order valence-corrected chi connectivity index (χ0v) is 8.39. The van der Waals surface area contributed by atoms with Crippen LogP contribution in [0.25, 0.3) is 0 Å². The predicted molar refractivity (Wildman–Crippen MR) is 57.2 cm³/mol. The smallest absolute Gasteiger partial charge is 0.0436 e. The molecule has 0 saturated carbocycles. The molecule has 0 radical (unpaired) electrons. The fourth-order valence-electron chi connectivity index (χ4n) is 1.70. The van der Waals surface area contributed by atoms with E-state index >= 15 is 0 Å². The van der Waals surface area contributed by atoms with E-state index in [1.165, 1.54) is 5.56 Å². The van der Waals surface area contributed by atoms with Crippen LogP contribution in [0.4, 0.5) is 0 Å². The van der Waals surface area contributed by atoms with Gasteiger partial charge in [-0.25, -0.2) is 0 Å². The number of aliphatic hydroxyl groups excluding tert-OH is 2. The van der Waals surface area contributed by atoms with Crippen molar-refractivity contribution in [2.75, 3.05) is 13.2 Å². The molecule has 1 aromatic rings. The molecule has 0 fully saturated rings. The van der Waals surface area contributed by atoms with Crippen molar-refractivity contribution in [3.05, 3.63) is 35.9 Å². The van der Waals surface area contributed by atoms with Crippen LogP contribution < -0.4 is 0 Å². The number of benzene rings is 1. The van der Waals surface area contributed by atoms with Crippen LogP contribution in [0.3, 0.4) is 0 Å². The lowest BCUT2D eigenvalue weighted by molar-refractivity contribution is 0.254. The van der Waals surface area contributed by atoms with Gasteiger partial charge in [0.2, 0.25) is 0 Å². The summed E-state index contributed by atoms with van der Waals surface area (Å²) in [7, 11) is 0. The van der Waals surface area contributed by atoms with Crippen LogP contribution in [0, 0.1) is 0 Å². The molecule has 1 atom stereocenters. The van der Waals surface area contributed by atoms with Crippen LogP contribution in [-0.2, 0) is 0 Å². The first kappa shape index (κ1) is 11.2. The van der Waals surface area contributed by atoms with Crippen molar-refractivity contribution in [3.8, 4) is 0 Å². The van der Waals surface area contributed by atoms with Crippen molar-refractivity contribution in [3.63, 3.8) is 0 Å². The Kier molecular flexibility index (Phi) is 5.27. The van der Waals surface area contributed by atoms with E-state index in [-0.39, 0.29) is 13.2 Å². The first-order valence-corrected chi connectivity index (χ1v) is 5.15. The van der Waals surface area contributed by atoms with Gasteiger partial charge >= 0.3 is 0 Å². The lowest BCUT2D eigenvalue weighted by Gasteiger charge is -2.15.